The number of carbonyl (C=O) groups excluding carboxylic acids is 1. The number of nitrogens with zero attached hydrogens (tertiary/aromatic N) is 1. The third-order valence-electron chi connectivity index (χ3n) is 2.67. The summed E-state index contributed by atoms with van der Waals surface area (Å²) in [6.07, 6.45) is 1.45. The molecule has 6 heteroatoms. The standard InChI is InChI=1S/C14H10BrClN2O2/c1-8-10(13(16)19)3-2-6-17-14(20)11-5-4-9(15)7-12(11)18-8/h2-7H,1H3,(H,17,20). The Morgan fingerprint density at radius 3 is 2.80 bits per heavy atom. The van der Waals surface area contributed by atoms with Crippen LogP contribution in [0, 0.1) is 6.92 Å². The zero-order valence-electron chi connectivity index (χ0n) is 10.5. The molecule has 0 fully saturated rings. The summed E-state index contributed by atoms with van der Waals surface area (Å²) in [4.78, 5) is 30.3. The first-order valence-corrected chi connectivity index (χ1v) is 6.89. The maximum absolute atomic E-state index is 12.0. The van der Waals surface area contributed by atoms with E-state index in [4.69, 9.17) is 11.6 Å². The quantitative estimate of drug-likeness (QED) is 0.798. The number of nitrogens with one attached hydrogen (secondary N) is 1. The van der Waals surface area contributed by atoms with Gasteiger partial charge in [-0.3, -0.25) is 14.6 Å². The first kappa shape index (κ1) is 14.7. The lowest BCUT2D eigenvalue weighted by molar-refractivity contribution is 0.108. The monoisotopic (exact) mass is 352 g/mol. The predicted octanol–water partition coefficient (Wildman–Crippen LogP) is 3.50. The van der Waals surface area contributed by atoms with Gasteiger partial charge in [0, 0.05) is 10.7 Å². The third kappa shape index (κ3) is 3.23. The second kappa shape index (κ2) is 6.15. The summed E-state index contributed by atoms with van der Waals surface area (Å²) in [7, 11) is 0. The van der Waals surface area contributed by atoms with E-state index in [1.54, 1.807) is 25.1 Å². The Labute approximate surface area is 128 Å². The molecule has 0 radical (unpaired) electrons. The summed E-state index contributed by atoms with van der Waals surface area (Å²) < 4.78 is 0.788. The van der Waals surface area contributed by atoms with Crippen molar-refractivity contribution in [2.75, 3.05) is 0 Å². The molecule has 0 saturated heterocycles. The molecule has 0 bridgehead atoms. The van der Waals surface area contributed by atoms with Gasteiger partial charge in [-0.1, -0.05) is 15.9 Å². The van der Waals surface area contributed by atoms with Gasteiger partial charge in [0.15, 0.2) is 0 Å². The maximum Gasteiger partial charge on any atom is 0.257 e. The Bertz CT molecular complexity index is 801. The number of rotatable bonds is 1. The first-order valence-electron chi connectivity index (χ1n) is 5.72. The van der Waals surface area contributed by atoms with Crippen LogP contribution in [-0.4, -0.2) is 15.2 Å². The molecule has 0 aliphatic rings. The summed E-state index contributed by atoms with van der Waals surface area (Å²) in [6.45, 7) is 1.67. The number of benzene rings is 1. The minimum atomic E-state index is -0.598. The number of hydrogen-bond donors (Lipinski definition) is 1. The average molecular weight is 354 g/mol. The smallest absolute Gasteiger partial charge is 0.257 e. The fourth-order valence-electron chi connectivity index (χ4n) is 1.70. The zero-order chi connectivity index (χ0) is 14.7. The minimum Gasteiger partial charge on any atom is -0.329 e. The van der Waals surface area contributed by atoms with Crippen LogP contribution in [0.15, 0.2) is 45.8 Å². The van der Waals surface area contributed by atoms with E-state index in [0.29, 0.717) is 16.6 Å². The number of carbonyl (C=O) groups is 1. The van der Waals surface area contributed by atoms with Crippen LogP contribution in [0.2, 0.25) is 0 Å². The first-order chi connectivity index (χ1) is 9.49. The average Bonchev–Trinajstić information content (AvgIpc) is 2.37. The zero-order valence-corrected chi connectivity index (χ0v) is 12.8. The van der Waals surface area contributed by atoms with E-state index < -0.39 is 5.24 Å². The molecular formula is C14H10BrClN2O2. The van der Waals surface area contributed by atoms with Crippen LogP contribution < -0.4 is 5.56 Å². The number of aryl methyl sites for hydroxylation is 1. The SMILES string of the molecule is Cc1nc2cc(Br)ccc2c(=O)[nH]cccc1C(=O)Cl. The van der Waals surface area contributed by atoms with E-state index in [2.05, 4.69) is 25.9 Å². The number of hydrogen-bond acceptors (Lipinski definition) is 3. The largest absolute Gasteiger partial charge is 0.329 e. The van der Waals surface area contributed by atoms with E-state index in [0.717, 1.165) is 4.47 Å². The molecule has 4 nitrogen and oxygen atoms in total. The van der Waals surface area contributed by atoms with Crippen LogP contribution in [0.4, 0.5) is 0 Å². The van der Waals surface area contributed by atoms with Gasteiger partial charge in [0.25, 0.3) is 10.8 Å². The van der Waals surface area contributed by atoms with Gasteiger partial charge in [-0.05, 0) is 48.9 Å². The molecule has 0 unspecified atom stereocenters. The van der Waals surface area contributed by atoms with Gasteiger partial charge in [0.1, 0.15) is 0 Å². The second-order valence-electron chi connectivity index (χ2n) is 4.05. The van der Waals surface area contributed by atoms with E-state index in [9.17, 15) is 9.59 Å². The number of halogens is 2. The van der Waals surface area contributed by atoms with Gasteiger partial charge >= 0.3 is 0 Å². The molecule has 102 valence electrons. The Balaban J connectivity index is 3.00. The van der Waals surface area contributed by atoms with Crippen molar-refractivity contribution in [1.29, 1.82) is 0 Å². The number of H-pyrrole nitrogens is 1. The van der Waals surface area contributed by atoms with E-state index >= 15 is 0 Å². The highest BCUT2D eigenvalue weighted by Crippen LogP contribution is 2.15. The molecule has 0 saturated carbocycles. The van der Waals surface area contributed by atoms with Crippen molar-refractivity contribution in [2.24, 2.45) is 0 Å². The second-order valence-corrected chi connectivity index (χ2v) is 5.30. The van der Waals surface area contributed by atoms with Crippen LogP contribution in [0.3, 0.4) is 0 Å². The van der Waals surface area contributed by atoms with Crippen molar-refractivity contribution in [3.05, 3.63) is 62.6 Å². The Hall–Kier alpha value is -1.72. The van der Waals surface area contributed by atoms with Crippen LogP contribution in [0.5, 0.6) is 0 Å². The van der Waals surface area contributed by atoms with Gasteiger partial charge in [-0.15, -0.1) is 0 Å². The van der Waals surface area contributed by atoms with Gasteiger partial charge in [0.05, 0.1) is 22.2 Å². The van der Waals surface area contributed by atoms with Crippen molar-refractivity contribution >= 4 is 43.7 Å². The summed E-state index contributed by atoms with van der Waals surface area (Å²) in [5.74, 6) is 0. The molecule has 0 aliphatic carbocycles. The maximum atomic E-state index is 12.0. The highest BCUT2D eigenvalue weighted by molar-refractivity contribution is 9.10. The van der Waals surface area contributed by atoms with E-state index in [1.807, 2.05) is 0 Å². The topological polar surface area (TPSA) is 62.8 Å². The van der Waals surface area contributed by atoms with Gasteiger partial charge in [-0.2, -0.15) is 0 Å². The van der Waals surface area contributed by atoms with E-state index in [-0.39, 0.29) is 11.1 Å². The van der Waals surface area contributed by atoms with Crippen LogP contribution in [0.25, 0.3) is 10.9 Å². The Morgan fingerprint density at radius 1 is 1.35 bits per heavy atom. The summed E-state index contributed by atoms with van der Waals surface area (Å²) >= 11 is 8.87. The molecule has 0 amide bonds. The number of aromatic nitrogens is 2. The predicted molar refractivity (Wildman–Crippen MR) is 82.6 cm³/mol. The lowest BCUT2D eigenvalue weighted by Gasteiger charge is -1.98. The molecule has 1 heterocycles. The van der Waals surface area contributed by atoms with Gasteiger partial charge in [-0.25, -0.2) is 0 Å². The number of aromatic amines is 1. The molecule has 2 aromatic rings. The highest BCUT2D eigenvalue weighted by Gasteiger charge is 2.05. The highest BCUT2D eigenvalue weighted by atomic mass is 79.9. The van der Waals surface area contributed by atoms with Crippen molar-refractivity contribution in [3.8, 4) is 0 Å². The molecule has 1 aromatic heterocycles. The Morgan fingerprint density at radius 2 is 2.10 bits per heavy atom. The molecule has 0 atom stereocenters. The van der Waals surface area contributed by atoms with Crippen LogP contribution in [-0.2, 0) is 0 Å². The van der Waals surface area contributed by atoms with Crippen molar-refractivity contribution < 1.29 is 4.79 Å². The van der Waals surface area contributed by atoms with Crippen molar-refractivity contribution in [3.63, 3.8) is 0 Å². The molecule has 2 rings (SSSR count). The summed E-state index contributed by atoms with van der Waals surface area (Å²) in [5.41, 5.74) is 0.927. The third-order valence-corrected chi connectivity index (χ3v) is 3.36. The lowest BCUT2D eigenvalue weighted by Crippen LogP contribution is -2.03. The molecule has 1 aromatic carbocycles. The summed E-state index contributed by atoms with van der Waals surface area (Å²) in [5, 5.41) is -0.181. The minimum absolute atomic E-state index is 0.269. The van der Waals surface area contributed by atoms with Crippen LogP contribution in [0.1, 0.15) is 16.1 Å². The van der Waals surface area contributed by atoms with Crippen molar-refractivity contribution in [2.45, 2.75) is 6.92 Å². The fraction of sp³-hybridized carbons (Fsp3) is 0.0714. The number of fused-ring (bicyclic) bond motifs is 1. The normalized spacial score (nSPS) is 10.2. The molecular weight excluding hydrogens is 344 g/mol. The molecule has 20 heavy (non-hydrogen) atoms. The van der Waals surface area contributed by atoms with E-state index in [1.165, 1.54) is 18.3 Å². The fourth-order valence-corrected chi connectivity index (χ4v) is 2.25. The Kier molecular flexibility index (Phi) is 4.52. The molecule has 1 N–H and O–H groups in total. The lowest BCUT2D eigenvalue weighted by atomic mass is 10.2. The van der Waals surface area contributed by atoms with Gasteiger partial charge < -0.3 is 4.98 Å². The van der Waals surface area contributed by atoms with Crippen LogP contribution >= 0.6 is 27.5 Å². The van der Waals surface area contributed by atoms with Crippen molar-refractivity contribution in [1.82, 2.24) is 9.97 Å². The molecule has 0 spiro atoms. The summed E-state index contributed by atoms with van der Waals surface area (Å²) in [6, 6.07) is 8.17. The molecule has 0 aliphatic heterocycles. The van der Waals surface area contributed by atoms with Gasteiger partial charge in [0.2, 0.25) is 0 Å².